The summed E-state index contributed by atoms with van der Waals surface area (Å²) in [5.74, 6) is -2.11. The first-order valence-electron chi connectivity index (χ1n) is 4.51. The van der Waals surface area contributed by atoms with E-state index in [2.05, 4.69) is 5.32 Å². The molecule has 80 valence electrons. The maximum Gasteiger partial charge on any atom is 0.254 e. The Balaban J connectivity index is 2.03. The van der Waals surface area contributed by atoms with Gasteiger partial charge < -0.3 is 10.1 Å². The number of halogens is 2. The van der Waals surface area contributed by atoms with E-state index in [-0.39, 0.29) is 11.7 Å². The van der Waals surface area contributed by atoms with Crippen molar-refractivity contribution >= 4 is 5.91 Å². The van der Waals surface area contributed by atoms with E-state index in [0.29, 0.717) is 19.2 Å². The summed E-state index contributed by atoms with van der Waals surface area (Å²) >= 11 is 0. The van der Waals surface area contributed by atoms with Crippen LogP contribution in [0.3, 0.4) is 0 Å². The van der Waals surface area contributed by atoms with E-state index in [4.69, 9.17) is 4.74 Å². The standard InChI is InChI=1S/C10H9F2NO2/c11-6-1-2-8(9(12)3-6)10(14)13-4-7-5-15-7/h1-3,7H,4-5H2,(H,13,14). The fourth-order valence-corrected chi connectivity index (χ4v) is 1.16. The van der Waals surface area contributed by atoms with Gasteiger partial charge in [0.2, 0.25) is 0 Å². The van der Waals surface area contributed by atoms with E-state index in [9.17, 15) is 13.6 Å². The largest absolute Gasteiger partial charge is 0.371 e. The van der Waals surface area contributed by atoms with Crippen molar-refractivity contribution in [1.29, 1.82) is 0 Å². The van der Waals surface area contributed by atoms with Gasteiger partial charge in [-0.25, -0.2) is 8.78 Å². The summed E-state index contributed by atoms with van der Waals surface area (Å²) in [6.07, 6.45) is 0.0393. The molecule has 1 saturated heterocycles. The number of rotatable bonds is 3. The Kier molecular flexibility index (Phi) is 2.64. The molecule has 0 spiro atoms. The Labute approximate surface area is 85.0 Å². The normalized spacial score (nSPS) is 18.7. The molecule has 0 bridgehead atoms. The van der Waals surface area contributed by atoms with Crippen LogP contribution in [0.2, 0.25) is 0 Å². The molecule has 3 nitrogen and oxygen atoms in total. The summed E-state index contributed by atoms with van der Waals surface area (Å²) in [6, 6.07) is 2.85. The average Bonchev–Trinajstić information content (AvgIpc) is 2.97. The molecule has 0 radical (unpaired) electrons. The van der Waals surface area contributed by atoms with Crippen molar-refractivity contribution in [1.82, 2.24) is 5.32 Å². The summed E-state index contributed by atoms with van der Waals surface area (Å²) in [6.45, 7) is 0.974. The van der Waals surface area contributed by atoms with Crippen molar-refractivity contribution in [3.63, 3.8) is 0 Å². The molecule has 1 atom stereocenters. The predicted molar refractivity (Wildman–Crippen MR) is 48.4 cm³/mol. The second-order valence-electron chi connectivity index (χ2n) is 3.29. The van der Waals surface area contributed by atoms with Crippen LogP contribution in [-0.4, -0.2) is 25.2 Å². The van der Waals surface area contributed by atoms with Crippen LogP contribution in [-0.2, 0) is 4.74 Å². The molecule has 1 aliphatic rings. The van der Waals surface area contributed by atoms with Gasteiger partial charge in [0.05, 0.1) is 18.3 Å². The highest BCUT2D eigenvalue weighted by Crippen LogP contribution is 2.10. The van der Waals surface area contributed by atoms with Gasteiger partial charge in [-0.05, 0) is 12.1 Å². The van der Waals surface area contributed by atoms with Gasteiger partial charge in [-0.3, -0.25) is 4.79 Å². The van der Waals surface area contributed by atoms with E-state index in [1.165, 1.54) is 0 Å². The Morgan fingerprint density at radius 2 is 2.27 bits per heavy atom. The van der Waals surface area contributed by atoms with Gasteiger partial charge in [-0.1, -0.05) is 0 Å². The highest BCUT2D eigenvalue weighted by Gasteiger charge is 2.23. The van der Waals surface area contributed by atoms with Crippen LogP contribution in [0.5, 0.6) is 0 Å². The van der Waals surface area contributed by atoms with Gasteiger partial charge in [-0.2, -0.15) is 0 Å². The quantitative estimate of drug-likeness (QED) is 0.764. The van der Waals surface area contributed by atoms with E-state index < -0.39 is 17.5 Å². The fourth-order valence-electron chi connectivity index (χ4n) is 1.16. The molecule has 1 aromatic rings. The first kappa shape index (κ1) is 10.0. The van der Waals surface area contributed by atoms with E-state index in [1.807, 2.05) is 0 Å². The molecule has 1 unspecified atom stereocenters. The van der Waals surface area contributed by atoms with Crippen LogP contribution < -0.4 is 5.32 Å². The zero-order chi connectivity index (χ0) is 10.8. The fraction of sp³-hybridized carbons (Fsp3) is 0.300. The van der Waals surface area contributed by atoms with Gasteiger partial charge in [0.25, 0.3) is 5.91 Å². The molecule has 1 heterocycles. The van der Waals surface area contributed by atoms with Gasteiger partial charge >= 0.3 is 0 Å². The van der Waals surface area contributed by atoms with Crippen molar-refractivity contribution in [3.05, 3.63) is 35.4 Å². The minimum absolute atomic E-state index is 0.0393. The Morgan fingerprint density at radius 3 is 2.87 bits per heavy atom. The third-order valence-corrected chi connectivity index (χ3v) is 2.07. The number of ether oxygens (including phenoxy) is 1. The molecule has 1 N–H and O–H groups in total. The summed E-state index contributed by atoms with van der Waals surface area (Å²) < 4.78 is 30.5. The maximum atomic E-state index is 13.1. The summed E-state index contributed by atoms with van der Waals surface area (Å²) in [5.41, 5.74) is -0.156. The number of hydrogen-bond acceptors (Lipinski definition) is 2. The third kappa shape index (κ3) is 2.50. The number of hydrogen-bond donors (Lipinski definition) is 1. The van der Waals surface area contributed by atoms with Crippen LogP contribution in [0.4, 0.5) is 8.78 Å². The molecule has 0 saturated carbocycles. The number of carbonyl (C=O) groups excluding carboxylic acids is 1. The lowest BCUT2D eigenvalue weighted by Gasteiger charge is -2.03. The monoisotopic (exact) mass is 213 g/mol. The molecule has 1 amide bonds. The lowest BCUT2D eigenvalue weighted by Crippen LogP contribution is -2.28. The van der Waals surface area contributed by atoms with Crippen LogP contribution in [0.15, 0.2) is 18.2 Å². The zero-order valence-electron chi connectivity index (χ0n) is 7.80. The lowest BCUT2D eigenvalue weighted by atomic mass is 10.2. The molecule has 1 aliphatic heterocycles. The smallest absolute Gasteiger partial charge is 0.254 e. The number of benzene rings is 1. The van der Waals surface area contributed by atoms with Gasteiger partial charge in [0, 0.05) is 12.6 Å². The van der Waals surface area contributed by atoms with Crippen LogP contribution in [0, 0.1) is 11.6 Å². The Morgan fingerprint density at radius 1 is 1.53 bits per heavy atom. The topological polar surface area (TPSA) is 41.6 Å². The molecule has 15 heavy (non-hydrogen) atoms. The Bertz CT molecular complexity index is 391. The second kappa shape index (κ2) is 3.94. The lowest BCUT2D eigenvalue weighted by molar-refractivity contribution is 0.0946. The zero-order valence-corrected chi connectivity index (χ0v) is 7.80. The summed E-state index contributed by atoms with van der Waals surface area (Å²) in [4.78, 5) is 11.4. The van der Waals surface area contributed by atoms with Crippen molar-refractivity contribution in [2.45, 2.75) is 6.10 Å². The van der Waals surface area contributed by atoms with Crippen molar-refractivity contribution in [3.8, 4) is 0 Å². The van der Waals surface area contributed by atoms with Crippen LogP contribution >= 0.6 is 0 Å². The van der Waals surface area contributed by atoms with Gasteiger partial charge in [0.15, 0.2) is 0 Å². The van der Waals surface area contributed by atoms with E-state index >= 15 is 0 Å². The Hall–Kier alpha value is -1.49. The second-order valence-corrected chi connectivity index (χ2v) is 3.29. The van der Waals surface area contributed by atoms with E-state index in [1.54, 1.807) is 0 Å². The van der Waals surface area contributed by atoms with Crippen molar-refractivity contribution in [2.24, 2.45) is 0 Å². The number of epoxide rings is 1. The molecule has 1 fully saturated rings. The molecule has 2 rings (SSSR count). The van der Waals surface area contributed by atoms with Gasteiger partial charge in [-0.15, -0.1) is 0 Å². The van der Waals surface area contributed by atoms with Crippen LogP contribution in [0.1, 0.15) is 10.4 Å². The first-order chi connectivity index (χ1) is 7.16. The molecule has 0 aromatic heterocycles. The van der Waals surface area contributed by atoms with E-state index in [0.717, 1.165) is 12.1 Å². The maximum absolute atomic E-state index is 13.1. The summed E-state index contributed by atoms with van der Waals surface area (Å²) in [7, 11) is 0. The van der Waals surface area contributed by atoms with Gasteiger partial charge in [0.1, 0.15) is 11.6 Å². The minimum Gasteiger partial charge on any atom is -0.371 e. The highest BCUT2D eigenvalue weighted by atomic mass is 19.1. The number of carbonyl (C=O) groups is 1. The first-order valence-corrected chi connectivity index (χ1v) is 4.51. The minimum atomic E-state index is -0.857. The molecule has 1 aromatic carbocycles. The highest BCUT2D eigenvalue weighted by molar-refractivity contribution is 5.94. The molecular weight excluding hydrogens is 204 g/mol. The predicted octanol–water partition coefficient (Wildman–Crippen LogP) is 1.09. The van der Waals surface area contributed by atoms with Crippen molar-refractivity contribution in [2.75, 3.05) is 13.2 Å². The average molecular weight is 213 g/mol. The summed E-state index contributed by atoms with van der Waals surface area (Å²) in [5, 5.41) is 2.49. The SMILES string of the molecule is O=C(NCC1CO1)c1ccc(F)cc1F. The number of amides is 1. The van der Waals surface area contributed by atoms with Crippen molar-refractivity contribution < 1.29 is 18.3 Å². The molecule has 0 aliphatic carbocycles. The molecular formula is C10H9F2NO2. The molecule has 5 heteroatoms. The number of nitrogens with one attached hydrogen (secondary N) is 1. The van der Waals surface area contributed by atoms with Crippen LogP contribution in [0.25, 0.3) is 0 Å². The third-order valence-electron chi connectivity index (χ3n) is 2.07.